The summed E-state index contributed by atoms with van der Waals surface area (Å²) in [6.07, 6.45) is 2.59. The molecule has 0 saturated heterocycles. The molecule has 1 aromatic rings. The minimum atomic E-state index is -3.50. The molecule has 86 valence electrons. The highest BCUT2D eigenvalue weighted by molar-refractivity contribution is 7.89. The van der Waals surface area contributed by atoms with Crippen molar-refractivity contribution in [3.05, 3.63) is 12.4 Å². The highest BCUT2D eigenvalue weighted by atomic mass is 32.2. The smallest absolute Gasteiger partial charge is 0.243 e. The number of rotatable bonds is 5. The van der Waals surface area contributed by atoms with Crippen LogP contribution in [0.25, 0.3) is 0 Å². The Labute approximate surface area is 89.3 Å². The van der Waals surface area contributed by atoms with Gasteiger partial charge >= 0.3 is 0 Å². The Bertz CT molecular complexity index is 385. The third-order valence-corrected chi connectivity index (χ3v) is 3.61. The van der Waals surface area contributed by atoms with E-state index in [2.05, 4.69) is 14.9 Å². The summed E-state index contributed by atoms with van der Waals surface area (Å²) in [5, 5.41) is 6.05. The minimum Gasteiger partial charge on any atom is -0.329 e. The van der Waals surface area contributed by atoms with Crippen LogP contribution in [-0.4, -0.2) is 31.2 Å². The van der Waals surface area contributed by atoms with E-state index in [1.807, 2.05) is 13.8 Å². The third-order valence-electron chi connectivity index (χ3n) is 2.15. The van der Waals surface area contributed by atoms with E-state index in [1.54, 1.807) is 0 Å². The van der Waals surface area contributed by atoms with Gasteiger partial charge in [0.15, 0.2) is 0 Å². The minimum absolute atomic E-state index is 0.126. The highest BCUT2D eigenvalue weighted by Gasteiger charge is 2.21. The number of hydrogen-bond acceptors (Lipinski definition) is 4. The van der Waals surface area contributed by atoms with Gasteiger partial charge in [0.2, 0.25) is 10.0 Å². The van der Waals surface area contributed by atoms with Gasteiger partial charge in [-0.15, -0.1) is 0 Å². The average Bonchev–Trinajstić information content (AvgIpc) is 2.67. The van der Waals surface area contributed by atoms with Gasteiger partial charge in [-0.2, -0.15) is 5.10 Å². The zero-order chi connectivity index (χ0) is 11.5. The predicted molar refractivity (Wildman–Crippen MR) is 56.6 cm³/mol. The first-order valence-electron chi connectivity index (χ1n) is 4.68. The van der Waals surface area contributed by atoms with Gasteiger partial charge in [-0.1, -0.05) is 13.8 Å². The van der Waals surface area contributed by atoms with Crippen LogP contribution in [0, 0.1) is 5.92 Å². The lowest BCUT2D eigenvalue weighted by Crippen LogP contribution is -2.43. The number of nitrogens with two attached hydrogens (primary N) is 1. The van der Waals surface area contributed by atoms with Crippen LogP contribution in [-0.2, 0) is 10.0 Å². The van der Waals surface area contributed by atoms with Gasteiger partial charge in [0, 0.05) is 18.8 Å². The molecule has 7 heteroatoms. The molecule has 0 aromatic carbocycles. The summed E-state index contributed by atoms with van der Waals surface area (Å²) in [4.78, 5) is 0.126. The molecule has 1 unspecified atom stereocenters. The first-order chi connectivity index (χ1) is 6.97. The molecule has 0 spiro atoms. The van der Waals surface area contributed by atoms with Crippen LogP contribution < -0.4 is 10.5 Å². The fraction of sp³-hybridized carbons (Fsp3) is 0.625. The molecule has 1 atom stereocenters. The van der Waals surface area contributed by atoms with E-state index in [0.717, 1.165) is 0 Å². The van der Waals surface area contributed by atoms with Crippen LogP contribution >= 0.6 is 0 Å². The van der Waals surface area contributed by atoms with E-state index in [9.17, 15) is 8.42 Å². The van der Waals surface area contributed by atoms with Crippen molar-refractivity contribution in [2.45, 2.75) is 24.8 Å². The van der Waals surface area contributed by atoms with Crippen molar-refractivity contribution in [1.29, 1.82) is 0 Å². The summed E-state index contributed by atoms with van der Waals surface area (Å²) < 4.78 is 26.0. The topological polar surface area (TPSA) is 101 Å². The molecule has 1 heterocycles. The standard InChI is InChI=1S/C8H16N4O2S/c1-6(2)8(3-9)12-15(13,14)7-4-10-11-5-7/h4-6,8,12H,3,9H2,1-2H3,(H,10,11). The molecule has 0 aliphatic heterocycles. The van der Waals surface area contributed by atoms with Crippen LogP contribution in [0.15, 0.2) is 17.3 Å². The Morgan fingerprint density at radius 3 is 2.67 bits per heavy atom. The zero-order valence-electron chi connectivity index (χ0n) is 8.77. The van der Waals surface area contributed by atoms with Crippen molar-refractivity contribution in [2.75, 3.05) is 6.54 Å². The molecule has 6 nitrogen and oxygen atoms in total. The Balaban J connectivity index is 2.81. The molecule has 0 radical (unpaired) electrons. The molecular formula is C8H16N4O2S. The molecule has 1 aromatic heterocycles. The summed E-state index contributed by atoms with van der Waals surface area (Å²) in [5.41, 5.74) is 5.48. The maximum Gasteiger partial charge on any atom is 0.243 e. The Hall–Kier alpha value is -0.920. The van der Waals surface area contributed by atoms with E-state index in [4.69, 9.17) is 5.73 Å². The van der Waals surface area contributed by atoms with E-state index < -0.39 is 10.0 Å². The normalized spacial score (nSPS) is 14.4. The highest BCUT2D eigenvalue weighted by Crippen LogP contribution is 2.08. The Morgan fingerprint density at radius 1 is 1.60 bits per heavy atom. The first kappa shape index (κ1) is 12.2. The van der Waals surface area contributed by atoms with Crippen LogP contribution in [0.3, 0.4) is 0 Å². The van der Waals surface area contributed by atoms with Crippen LogP contribution in [0.4, 0.5) is 0 Å². The summed E-state index contributed by atoms with van der Waals surface area (Å²) in [5.74, 6) is 0.150. The maximum atomic E-state index is 11.7. The lowest BCUT2D eigenvalue weighted by atomic mass is 10.1. The van der Waals surface area contributed by atoms with Gasteiger partial charge in [-0.05, 0) is 5.92 Å². The van der Waals surface area contributed by atoms with Crippen LogP contribution in [0.2, 0.25) is 0 Å². The second kappa shape index (κ2) is 4.73. The monoisotopic (exact) mass is 232 g/mol. The third kappa shape index (κ3) is 3.01. The van der Waals surface area contributed by atoms with Crippen molar-refractivity contribution in [3.8, 4) is 0 Å². The Kier molecular flexibility index (Phi) is 3.83. The predicted octanol–water partition coefficient (Wildman–Crippen LogP) is -0.329. The summed E-state index contributed by atoms with van der Waals surface area (Å²) in [7, 11) is -3.50. The molecule has 1 rings (SSSR count). The number of nitrogens with zero attached hydrogens (tertiary/aromatic N) is 1. The van der Waals surface area contributed by atoms with Crippen molar-refractivity contribution < 1.29 is 8.42 Å². The molecular weight excluding hydrogens is 216 g/mol. The summed E-state index contributed by atoms with van der Waals surface area (Å²) in [6.45, 7) is 4.10. The van der Waals surface area contributed by atoms with Crippen molar-refractivity contribution >= 4 is 10.0 Å². The van der Waals surface area contributed by atoms with Crippen molar-refractivity contribution in [2.24, 2.45) is 11.7 Å². The molecule has 0 saturated carbocycles. The lowest BCUT2D eigenvalue weighted by molar-refractivity contribution is 0.455. The molecule has 0 amide bonds. The maximum absolute atomic E-state index is 11.7. The zero-order valence-corrected chi connectivity index (χ0v) is 9.58. The number of aromatic nitrogens is 2. The van der Waals surface area contributed by atoms with E-state index in [-0.39, 0.29) is 23.4 Å². The fourth-order valence-corrected chi connectivity index (χ4v) is 2.41. The van der Waals surface area contributed by atoms with Gasteiger partial charge in [-0.3, -0.25) is 5.10 Å². The summed E-state index contributed by atoms with van der Waals surface area (Å²) in [6, 6.07) is -0.259. The van der Waals surface area contributed by atoms with Gasteiger partial charge in [0.25, 0.3) is 0 Å². The number of hydrogen-bond donors (Lipinski definition) is 3. The fourth-order valence-electron chi connectivity index (χ4n) is 1.11. The van der Waals surface area contributed by atoms with Gasteiger partial charge in [-0.25, -0.2) is 13.1 Å². The molecule has 4 N–H and O–H groups in total. The van der Waals surface area contributed by atoms with Gasteiger partial charge < -0.3 is 5.73 Å². The number of nitrogens with one attached hydrogen (secondary N) is 2. The number of sulfonamides is 1. The van der Waals surface area contributed by atoms with Crippen molar-refractivity contribution in [3.63, 3.8) is 0 Å². The quantitative estimate of drug-likeness (QED) is 0.647. The Morgan fingerprint density at radius 2 is 2.27 bits per heavy atom. The largest absolute Gasteiger partial charge is 0.329 e. The van der Waals surface area contributed by atoms with E-state index >= 15 is 0 Å². The second-order valence-corrected chi connectivity index (χ2v) is 5.36. The van der Waals surface area contributed by atoms with E-state index in [1.165, 1.54) is 12.4 Å². The molecule has 0 bridgehead atoms. The molecule has 0 fully saturated rings. The average molecular weight is 232 g/mol. The first-order valence-corrected chi connectivity index (χ1v) is 6.17. The molecule has 15 heavy (non-hydrogen) atoms. The molecule has 0 aliphatic rings. The van der Waals surface area contributed by atoms with E-state index in [0.29, 0.717) is 0 Å². The second-order valence-electron chi connectivity index (χ2n) is 3.64. The van der Waals surface area contributed by atoms with Gasteiger partial charge in [0.1, 0.15) is 4.90 Å². The van der Waals surface area contributed by atoms with Gasteiger partial charge in [0.05, 0.1) is 6.20 Å². The van der Waals surface area contributed by atoms with Crippen LogP contribution in [0.1, 0.15) is 13.8 Å². The number of aromatic amines is 1. The SMILES string of the molecule is CC(C)C(CN)NS(=O)(=O)c1cn[nH]c1. The molecule has 0 aliphatic carbocycles. The lowest BCUT2D eigenvalue weighted by Gasteiger charge is -2.19. The van der Waals surface area contributed by atoms with Crippen LogP contribution in [0.5, 0.6) is 0 Å². The summed E-state index contributed by atoms with van der Waals surface area (Å²) >= 11 is 0. The number of H-pyrrole nitrogens is 1. The van der Waals surface area contributed by atoms with Crippen molar-refractivity contribution in [1.82, 2.24) is 14.9 Å².